The van der Waals surface area contributed by atoms with Gasteiger partial charge in [-0.2, -0.15) is 0 Å². The summed E-state index contributed by atoms with van der Waals surface area (Å²) in [5, 5.41) is 11.5. The molecule has 0 aliphatic rings. The van der Waals surface area contributed by atoms with Gasteiger partial charge in [-0.3, -0.25) is 0 Å². The summed E-state index contributed by atoms with van der Waals surface area (Å²) in [6.45, 7) is 0.732. The van der Waals surface area contributed by atoms with Crippen LogP contribution in [-0.2, 0) is 3.74 Å². The molecular formula is C9H21AsNNaO8. The van der Waals surface area contributed by atoms with Crippen LogP contribution in [0.5, 0.6) is 0 Å². The van der Waals surface area contributed by atoms with Crippen molar-refractivity contribution in [1.82, 2.24) is 0 Å². The number of aliphatic hydroxyl groups is 1. The van der Waals surface area contributed by atoms with Gasteiger partial charge in [0.25, 0.3) is 0 Å². The number of aliphatic hydroxyl groups excluding tert-OH is 1. The standard InChI is InChI=1S/C9H14AsNO4.Na.4H2O/c12-7-1-6-11-9-4-2-8(3-5-9)10(13,14)15;;;;;/h2-5,11-12H,1,6-7H2,(H2,13,14,15);;4*1H2/q;+1;;;;/p-1. The molecule has 0 aromatic heterocycles. The third-order valence-electron chi connectivity index (χ3n) is 1.86. The number of hydrogen-bond acceptors (Lipinski definition) is 4. The molecule has 1 aromatic carbocycles. The van der Waals surface area contributed by atoms with Crippen molar-refractivity contribution in [2.75, 3.05) is 18.5 Å². The molecule has 9 nitrogen and oxygen atoms in total. The first-order valence-corrected chi connectivity index (χ1v) is 7.84. The molecule has 20 heavy (non-hydrogen) atoms. The summed E-state index contributed by atoms with van der Waals surface area (Å²) in [5.74, 6) is 0. The predicted molar refractivity (Wildman–Crippen MR) is 69.4 cm³/mol. The Bertz CT molecular complexity index is 357. The van der Waals surface area contributed by atoms with Gasteiger partial charge in [-0.1, -0.05) is 0 Å². The second kappa shape index (κ2) is 15.5. The number of nitrogens with one attached hydrogen (secondary N) is 1. The molecule has 1 atom stereocenters. The van der Waals surface area contributed by atoms with E-state index in [0.29, 0.717) is 13.0 Å². The van der Waals surface area contributed by atoms with Crippen LogP contribution in [0.1, 0.15) is 6.42 Å². The molecule has 1 rings (SSSR count). The van der Waals surface area contributed by atoms with Crippen LogP contribution >= 0.6 is 0 Å². The quantitative estimate of drug-likeness (QED) is 0.339. The fraction of sp³-hybridized carbons (Fsp3) is 0.333. The Balaban J connectivity index is -0.000000150. The number of rotatable bonds is 5. The molecule has 11 heteroatoms. The summed E-state index contributed by atoms with van der Waals surface area (Å²) >= 11 is -4.99. The zero-order chi connectivity index (χ0) is 11.3. The van der Waals surface area contributed by atoms with Crippen molar-refractivity contribution in [3.8, 4) is 0 Å². The molecule has 0 bridgehead atoms. The maximum Gasteiger partial charge on any atom is 1.00 e. The second-order valence-electron chi connectivity index (χ2n) is 3.07. The van der Waals surface area contributed by atoms with Crippen LogP contribution in [-0.4, -0.2) is 58.4 Å². The Morgan fingerprint density at radius 3 is 1.90 bits per heavy atom. The third kappa shape index (κ3) is 11.9. The van der Waals surface area contributed by atoms with Crippen molar-refractivity contribution in [3.63, 3.8) is 0 Å². The Kier molecular flexibility index (Phi) is 24.9. The molecule has 0 fully saturated rings. The Hall–Kier alpha value is 0.0984. The first kappa shape index (κ1) is 32.2. The summed E-state index contributed by atoms with van der Waals surface area (Å²) in [6, 6.07) is 5.87. The predicted octanol–water partition coefficient (Wildman–Crippen LogP) is -7.88. The summed E-state index contributed by atoms with van der Waals surface area (Å²) in [5.41, 5.74) is 0.760. The molecule has 1 unspecified atom stereocenters. The van der Waals surface area contributed by atoms with Gasteiger partial charge < -0.3 is 21.9 Å². The molecule has 0 saturated heterocycles. The Morgan fingerprint density at radius 1 is 1.10 bits per heavy atom. The smallest absolute Gasteiger partial charge is 1.00 e. The van der Waals surface area contributed by atoms with Crippen LogP contribution < -0.4 is 43.3 Å². The van der Waals surface area contributed by atoms with Crippen LogP contribution in [0, 0.1) is 0 Å². The first-order valence-electron chi connectivity index (χ1n) is 4.53. The van der Waals surface area contributed by atoms with Crippen molar-refractivity contribution in [1.29, 1.82) is 0 Å². The molecule has 1 aromatic rings. The minimum atomic E-state index is -4.99. The van der Waals surface area contributed by atoms with Gasteiger partial charge in [0.05, 0.1) is 0 Å². The van der Waals surface area contributed by atoms with Crippen molar-refractivity contribution in [3.05, 3.63) is 24.3 Å². The molecule has 0 aliphatic carbocycles. The van der Waals surface area contributed by atoms with Crippen molar-refractivity contribution < 1.29 is 68.5 Å². The molecular weight excluding hydrogens is 348 g/mol. The van der Waals surface area contributed by atoms with Crippen LogP contribution in [0.3, 0.4) is 0 Å². The van der Waals surface area contributed by atoms with E-state index in [-0.39, 0.29) is 62.4 Å². The summed E-state index contributed by atoms with van der Waals surface area (Å²) < 4.78 is 30.4. The summed E-state index contributed by atoms with van der Waals surface area (Å²) in [4.78, 5) is 0. The fourth-order valence-corrected chi connectivity index (χ4v) is 2.18. The van der Waals surface area contributed by atoms with Gasteiger partial charge in [0, 0.05) is 0 Å². The minimum Gasteiger partial charge on any atom is 1.00 e. The van der Waals surface area contributed by atoms with E-state index in [4.69, 9.17) is 9.20 Å². The zero-order valence-corrected chi connectivity index (χ0v) is 15.0. The number of anilines is 1. The number of benzene rings is 1. The fourth-order valence-electron chi connectivity index (χ4n) is 1.08. The zero-order valence-electron chi connectivity index (χ0n) is 11.1. The SMILES string of the molecule is O.O.O.O.O=[As]([O-])(O)c1ccc(NCCCO)cc1.[Na+]. The third-order valence-corrected chi connectivity index (χ3v) is 3.85. The van der Waals surface area contributed by atoms with E-state index in [2.05, 4.69) is 5.32 Å². The molecule has 0 aliphatic heterocycles. The van der Waals surface area contributed by atoms with E-state index in [1.807, 2.05) is 0 Å². The van der Waals surface area contributed by atoms with Gasteiger partial charge in [0.1, 0.15) is 0 Å². The van der Waals surface area contributed by atoms with Crippen molar-refractivity contribution in [2.45, 2.75) is 6.42 Å². The molecule has 0 saturated carbocycles. The average molecular weight is 369 g/mol. The molecule has 0 amide bonds. The molecule has 11 N–H and O–H groups in total. The number of hydrogen-bond donors (Lipinski definition) is 3. The average Bonchev–Trinajstić information content (AvgIpc) is 2.18. The van der Waals surface area contributed by atoms with Gasteiger partial charge in [0.15, 0.2) is 0 Å². The maximum absolute atomic E-state index is 10.8. The van der Waals surface area contributed by atoms with Gasteiger partial charge in [-0.15, -0.1) is 0 Å². The molecule has 0 heterocycles. The summed E-state index contributed by atoms with van der Waals surface area (Å²) in [6.07, 6.45) is 0.631. The Labute approximate surface area is 141 Å². The largest absolute Gasteiger partial charge is 1.00 e. The van der Waals surface area contributed by atoms with Crippen molar-refractivity contribution >= 4 is 24.2 Å². The van der Waals surface area contributed by atoms with Crippen molar-refractivity contribution in [2.24, 2.45) is 0 Å². The second-order valence-corrected chi connectivity index (χ2v) is 6.34. The first-order chi connectivity index (χ1) is 7.04. The summed E-state index contributed by atoms with van der Waals surface area (Å²) in [7, 11) is 0. The molecule has 0 spiro atoms. The van der Waals surface area contributed by atoms with E-state index < -0.39 is 14.2 Å². The van der Waals surface area contributed by atoms with Crippen LogP contribution in [0.25, 0.3) is 0 Å². The normalized spacial score (nSPS) is 10.9. The van der Waals surface area contributed by atoms with Crippen LogP contribution in [0.4, 0.5) is 5.69 Å². The van der Waals surface area contributed by atoms with Gasteiger partial charge in [-0.05, 0) is 0 Å². The minimum absolute atomic E-state index is 0. The molecule has 0 radical (unpaired) electrons. The van der Waals surface area contributed by atoms with E-state index >= 15 is 0 Å². The van der Waals surface area contributed by atoms with Gasteiger partial charge in [0.2, 0.25) is 0 Å². The van der Waals surface area contributed by atoms with E-state index in [9.17, 15) is 7.84 Å². The van der Waals surface area contributed by atoms with E-state index in [1.165, 1.54) is 12.1 Å². The monoisotopic (exact) mass is 369 g/mol. The van der Waals surface area contributed by atoms with E-state index in [1.54, 1.807) is 12.1 Å². The van der Waals surface area contributed by atoms with Crippen LogP contribution in [0.2, 0.25) is 0 Å². The Morgan fingerprint density at radius 2 is 1.55 bits per heavy atom. The maximum atomic E-state index is 10.8. The van der Waals surface area contributed by atoms with Gasteiger partial charge >= 0.3 is 120 Å². The van der Waals surface area contributed by atoms with E-state index in [0.717, 1.165) is 5.69 Å². The van der Waals surface area contributed by atoms with Gasteiger partial charge in [-0.25, -0.2) is 0 Å². The molecule has 116 valence electrons. The topological polar surface area (TPSA) is 219 Å². The van der Waals surface area contributed by atoms with Crippen LogP contribution in [0.15, 0.2) is 24.3 Å².